The van der Waals surface area contributed by atoms with E-state index in [9.17, 15) is 0 Å². The average molecular weight is 639 g/mol. The predicted molar refractivity (Wildman–Crippen MR) is 212 cm³/mol. The second kappa shape index (κ2) is 12.8. The summed E-state index contributed by atoms with van der Waals surface area (Å²) in [6, 6.07) is 74.0. The maximum absolute atomic E-state index is 2.41. The molecule has 0 atom stereocenters. The van der Waals surface area contributed by atoms with Crippen molar-refractivity contribution in [1.82, 2.24) is 4.57 Å². The number of aromatic nitrogens is 1. The van der Waals surface area contributed by atoms with Gasteiger partial charge in [0, 0.05) is 33.5 Å². The minimum absolute atomic E-state index is 1.10. The van der Waals surface area contributed by atoms with Gasteiger partial charge in [-0.3, -0.25) is 0 Å². The van der Waals surface area contributed by atoms with Crippen LogP contribution in [0.5, 0.6) is 0 Å². The van der Waals surface area contributed by atoms with Crippen molar-refractivity contribution < 1.29 is 0 Å². The quantitative estimate of drug-likeness (QED) is 0.169. The molecule has 2 heteroatoms. The summed E-state index contributed by atoms with van der Waals surface area (Å²) in [5.74, 6) is 0. The fourth-order valence-corrected chi connectivity index (χ4v) is 7.12. The molecule has 2 nitrogen and oxygen atoms in total. The van der Waals surface area contributed by atoms with Crippen LogP contribution in [0.2, 0.25) is 0 Å². The van der Waals surface area contributed by atoms with Gasteiger partial charge in [0.2, 0.25) is 0 Å². The Bertz CT molecular complexity index is 2540. The highest BCUT2D eigenvalue weighted by molar-refractivity contribution is 6.11. The van der Waals surface area contributed by atoms with Crippen LogP contribution in [-0.4, -0.2) is 4.57 Å². The van der Waals surface area contributed by atoms with Crippen molar-refractivity contribution in [1.29, 1.82) is 0 Å². The molecule has 50 heavy (non-hydrogen) atoms. The van der Waals surface area contributed by atoms with E-state index in [0.717, 1.165) is 22.7 Å². The third-order valence-corrected chi connectivity index (χ3v) is 9.60. The highest BCUT2D eigenvalue weighted by Crippen LogP contribution is 2.41. The molecule has 0 bridgehead atoms. The van der Waals surface area contributed by atoms with E-state index in [0.29, 0.717) is 0 Å². The molecule has 0 spiro atoms. The van der Waals surface area contributed by atoms with Gasteiger partial charge in [0.1, 0.15) is 0 Å². The lowest BCUT2D eigenvalue weighted by molar-refractivity contribution is 1.18. The highest BCUT2D eigenvalue weighted by atomic mass is 15.1. The number of hydrogen-bond acceptors (Lipinski definition) is 1. The Hall–Kier alpha value is -6.64. The largest absolute Gasteiger partial charge is 0.310 e. The number of fused-ring (bicyclic) bond motifs is 3. The van der Waals surface area contributed by atoms with E-state index >= 15 is 0 Å². The van der Waals surface area contributed by atoms with Crippen molar-refractivity contribution in [2.24, 2.45) is 0 Å². The zero-order chi connectivity index (χ0) is 33.3. The maximum Gasteiger partial charge on any atom is 0.0561 e. The predicted octanol–water partition coefficient (Wildman–Crippen LogP) is 13.3. The Morgan fingerprint density at radius 3 is 1.24 bits per heavy atom. The van der Waals surface area contributed by atoms with E-state index in [1.807, 2.05) is 0 Å². The SMILES string of the molecule is c1ccc(-c2ccc(-c3ccc(N(c4ccccc4)c4ccc5c6ccc(-c7ccccc7)cc6n(-c6ccccc6)c5c4)cc3)cc2)cc1. The molecule has 0 aliphatic heterocycles. The first-order valence-electron chi connectivity index (χ1n) is 17.1. The van der Waals surface area contributed by atoms with E-state index in [-0.39, 0.29) is 0 Å². The van der Waals surface area contributed by atoms with Gasteiger partial charge >= 0.3 is 0 Å². The maximum atomic E-state index is 2.41. The standard InChI is InChI=1S/C48H34N2/c1-5-13-35(14-6-1)37-21-23-38(24-22-37)39-25-28-43(29-26-39)49(41-17-9-3-10-18-41)44-30-32-46-45-31-27-40(36-15-7-2-8-16-36)33-47(45)50(48(46)34-44)42-19-11-4-12-20-42/h1-34H. The molecule has 9 rings (SSSR count). The summed E-state index contributed by atoms with van der Waals surface area (Å²) in [6.45, 7) is 0. The average Bonchev–Trinajstić information content (AvgIpc) is 3.53. The molecule has 0 fully saturated rings. The molecule has 0 aliphatic carbocycles. The molecule has 0 aliphatic rings. The van der Waals surface area contributed by atoms with Crippen molar-refractivity contribution in [3.8, 4) is 39.1 Å². The molecular formula is C48H34N2. The van der Waals surface area contributed by atoms with Crippen LogP contribution in [0, 0.1) is 0 Å². The van der Waals surface area contributed by atoms with Gasteiger partial charge < -0.3 is 9.47 Å². The van der Waals surface area contributed by atoms with Crippen LogP contribution in [0.25, 0.3) is 60.9 Å². The van der Waals surface area contributed by atoms with Crippen LogP contribution in [0.15, 0.2) is 206 Å². The van der Waals surface area contributed by atoms with Gasteiger partial charge in [0.05, 0.1) is 11.0 Å². The molecule has 1 heterocycles. The first kappa shape index (κ1) is 29.5. The lowest BCUT2D eigenvalue weighted by atomic mass is 10.00. The Balaban J connectivity index is 1.16. The summed E-state index contributed by atoms with van der Waals surface area (Å²) in [5, 5.41) is 2.47. The monoisotopic (exact) mass is 638 g/mol. The van der Waals surface area contributed by atoms with Gasteiger partial charge in [-0.15, -0.1) is 0 Å². The molecule has 9 aromatic rings. The van der Waals surface area contributed by atoms with E-state index in [1.165, 1.54) is 55.2 Å². The first-order valence-corrected chi connectivity index (χ1v) is 17.1. The molecular weight excluding hydrogens is 605 g/mol. The Kier molecular flexibility index (Phi) is 7.53. The molecule has 236 valence electrons. The van der Waals surface area contributed by atoms with Crippen LogP contribution < -0.4 is 4.90 Å². The Morgan fingerprint density at radius 1 is 0.280 bits per heavy atom. The van der Waals surface area contributed by atoms with E-state index in [4.69, 9.17) is 0 Å². The smallest absolute Gasteiger partial charge is 0.0561 e. The number of benzene rings is 8. The van der Waals surface area contributed by atoms with Crippen LogP contribution in [0.1, 0.15) is 0 Å². The van der Waals surface area contributed by atoms with Crippen molar-refractivity contribution in [3.63, 3.8) is 0 Å². The molecule has 0 amide bonds. The van der Waals surface area contributed by atoms with E-state index in [2.05, 4.69) is 216 Å². The Morgan fingerprint density at radius 2 is 0.660 bits per heavy atom. The number of anilines is 3. The van der Waals surface area contributed by atoms with Gasteiger partial charge in [-0.2, -0.15) is 0 Å². The highest BCUT2D eigenvalue weighted by Gasteiger charge is 2.18. The molecule has 0 saturated heterocycles. The van der Waals surface area contributed by atoms with Crippen LogP contribution in [0.3, 0.4) is 0 Å². The third kappa shape index (κ3) is 5.43. The van der Waals surface area contributed by atoms with Crippen LogP contribution >= 0.6 is 0 Å². The van der Waals surface area contributed by atoms with Gasteiger partial charge in [0.15, 0.2) is 0 Å². The van der Waals surface area contributed by atoms with Gasteiger partial charge in [-0.05, 0) is 88.0 Å². The van der Waals surface area contributed by atoms with Gasteiger partial charge in [0.25, 0.3) is 0 Å². The molecule has 0 saturated carbocycles. The summed E-state index contributed by atoms with van der Waals surface area (Å²) in [6.07, 6.45) is 0. The fourth-order valence-electron chi connectivity index (χ4n) is 7.12. The van der Waals surface area contributed by atoms with Crippen LogP contribution in [-0.2, 0) is 0 Å². The number of hydrogen-bond donors (Lipinski definition) is 0. The number of nitrogens with zero attached hydrogens (tertiary/aromatic N) is 2. The lowest BCUT2D eigenvalue weighted by Gasteiger charge is -2.26. The first-order chi connectivity index (χ1) is 24.8. The zero-order valence-electron chi connectivity index (χ0n) is 27.5. The minimum Gasteiger partial charge on any atom is -0.310 e. The van der Waals surface area contributed by atoms with Crippen molar-refractivity contribution >= 4 is 38.9 Å². The minimum atomic E-state index is 1.10. The lowest BCUT2D eigenvalue weighted by Crippen LogP contribution is -2.10. The third-order valence-electron chi connectivity index (χ3n) is 9.60. The second-order valence-electron chi connectivity index (χ2n) is 12.6. The summed E-state index contributed by atoms with van der Waals surface area (Å²) in [4.78, 5) is 2.35. The zero-order valence-corrected chi connectivity index (χ0v) is 27.5. The molecule has 8 aromatic carbocycles. The number of rotatable bonds is 7. The molecule has 0 N–H and O–H groups in total. The van der Waals surface area contributed by atoms with Gasteiger partial charge in [-0.25, -0.2) is 0 Å². The molecule has 1 aromatic heterocycles. The number of para-hydroxylation sites is 2. The Labute approximate surface area is 292 Å². The topological polar surface area (TPSA) is 8.17 Å². The summed E-state index contributed by atoms with van der Waals surface area (Å²) >= 11 is 0. The molecule has 0 unspecified atom stereocenters. The normalized spacial score (nSPS) is 11.2. The van der Waals surface area contributed by atoms with E-state index in [1.54, 1.807) is 0 Å². The van der Waals surface area contributed by atoms with Crippen molar-refractivity contribution in [2.75, 3.05) is 4.90 Å². The second-order valence-corrected chi connectivity index (χ2v) is 12.6. The summed E-state index contributed by atoms with van der Waals surface area (Å²) in [7, 11) is 0. The van der Waals surface area contributed by atoms with Crippen molar-refractivity contribution in [3.05, 3.63) is 206 Å². The molecule has 0 radical (unpaired) electrons. The summed E-state index contributed by atoms with van der Waals surface area (Å²) in [5.41, 5.74) is 14.1. The van der Waals surface area contributed by atoms with Gasteiger partial charge in [-0.1, -0.05) is 152 Å². The fraction of sp³-hybridized carbons (Fsp3) is 0. The van der Waals surface area contributed by atoms with E-state index < -0.39 is 0 Å². The summed E-state index contributed by atoms with van der Waals surface area (Å²) < 4.78 is 2.41. The van der Waals surface area contributed by atoms with Crippen molar-refractivity contribution in [2.45, 2.75) is 0 Å². The van der Waals surface area contributed by atoms with Crippen LogP contribution in [0.4, 0.5) is 17.1 Å².